The average molecular weight is 448 g/mol. The number of thiophene rings is 1. The number of carbonyl (C=O) groups is 2. The average Bonchev–Trinajstić information content (AvgIpc) is 3.33. The summed E-state index contributed by atoms with van der Waals surface area (Å²) in [7, 11) is 0. The van der Waals surface area contributed by atoms with Crippen LogP contribution in [-0.2, 0) is 9.59 Å². The zero-order chi connectivity index (χ0) is 23.0. The molecule has 1 unspecified atom stereocenters. The first kappa shape index (κ1) is 21.8. The number of aryl methyl sites for hydroxylation is 2. The lowest BCUT2D eigenvalue weighted by atomic mass is 9.99. The van der Waals surface area contributed by atoms with E-state index in [9.17, 15) is 14.7 Å². The van der Waals surface area contributed by atoms with Crippen LogP contribution in [0.5, 0.6) is 5.75 Å². The number of aliphatic hydroxyl groups excluding tert-OH is 1. The molecule has 1 aromatic heterocycles. The van der Waals surface area contributed by atoms with Gasteiger partial charge < -0.3 is 9.84 Å². The van der Waals surface area contributed by atoms with Crippen LogP contribution in [0.15, 0.2) is 65.6 Å². The number of ketones is 1. The van der Waals surface area contributed by atoms with Crippen molar-refractivity contribution in [2.24, 2.45) is 0 Å². The van der Waals surface area contributed by atoms with Crippen molar-refractivity contribution in [2.45, 2.75) is 39.8 Å². The van der Waals surface area contributed by atoms with E-state index in [0.29, 0.717) is 17.0 Å². The largest absolute Gasteiger partial charge is 0.507 e. The Kier molecular flexibility index (Phi) is 5.89. The molecule has 5 nitrogen and oxygen atoms in total. The molecule has 1 aliphatic rings. The number of hydrogen-bond donors (Lipinski definition) is 1. The summed E-state index contributed by atoms with van der Waals surface area (Å²) < 4.78 is 5.74. The number of hydrogen-bond acceptors (Lipinski definition) is 5. The monoisotopic (exact) mass is 447 g/mol. The van der Waals surface area contributed by atoms with Gasteiger partial charge in [0.05, 0.1) is 11.7 Å². The van der Waals surface area contributed by atoms with Crippen molar-refractivity contribution in [2.75, 3.05) is 4.90 Å². The van der Waals surface area contributed by atoms with E-state index in [1.807, 2.05) is 63.4 Å². The van der Waals surface area contributed by atoms with Crippen LogP contribution in [0.25, 0.3) is 5.76 Å². The molecule has 4 rings (SSSR count). The Balaban J connectivity index is 1.89. The van der Waals surface area contributed by atoms with Crippen LogP contribution >= 0.6 is 11.3 Å². The van der Waals surface area contributed by atoms with Crippen LogP contribution in [0, 0.1) is 13.8 Å². The lowest BCUT2D eigenvalue weighted by Gasteiger charge is -2.25. The van der Waals surface area contributed by atoms with Gasteiger partial charge in [0, 0.05) is 16.1 Å². The first-order chi connectivity index (χ1) is 15.3. The third kappa shape index (κ3) is 4.06. The minimum atomic E-state index is -0.703. The number of ether oxygens (including phenoxy) is 1. The fourth-order valence-corrected chi connectivity index (χ4v) is 4.87. The third-order valence-electron chi connectivity index (χ3n) is 5.22. The van der Waals surface area contributed by atoms with Crippen molar-refractivity contribution in [3.8, 4) is 5.75 Å². The zero-order valence-corrected chi connectivity index (χ0v) is 19.3. The van der Waals surface area contributed by atoms with E-state index in [4.69, 9.17) is 4.74 Å². The van der Waals surface area contributed by atoms with Crippen LogP contribution in [0.4, 0.5) is 5.69 Å². The van der Waals surface area contributed by atoms with Gasteiger partial charge in [0.2, 0.25) is 0 Å². The van der Waals surface area contributed by atoms with Gasteiger partial charge in [-0.25, -0.2) is 0 Å². The minimum absolute atomic E-state index is 0.0337. The number of aliphatic hydroxyl groups is 1. The molecule has 1 aliphatic heterocycles. The van der Waals surface area contributed by atoms with Crippen molar-refractivity contribution in [1.29, 1.82) is 0 Å². The molecule has 1 amide bonds. The fourth-order valence-electron chi connectivity index (χ4n) is 4.05. The Morgan fingerprint density at radius 3 is 2.38 bits per heavy atom. The number of nitrogens with zero attached hydrogens (tertiary/aromatic N) is 1. The molecule has 1 atom stereocenters. The molecule has 6 heteroatoms. The summed E-state index contributed by atoms with van der Waals surface area (Å²) in [5, 5.41) is 13.1. The Morgan fingerprint density at radius 2 is 1.75 bits per heavy atom. The first-order valence-corrected chi connectivity index (χ1v) is 11.3. The van der Waals surface area contributed by atoms with E-state index in [-0.39, 0.29) is 17.4 Å². The van der Waals surface area contributed by atoms with Gasteiger partial charge in [-0.3, -0.25) is 14.5 Å². The number of carbonyl (C=O) groups excluding carboxylic acids is 2. The van der Waals surface area contributed by atoms with Crippen LogP contribution in [-0.4, -0.2) is 22.9 Å². The lowest BCUT2D eigenvalue weighted by Crippen LogP contribution is -2.29. The highest BCUT2D eigenvalue weighted by Crippen LogP contribution is 2.44. The van der Waals surface area contributed by atoms with Gasteiger partial charge in [0.15, 0.2) is 0 Å². The zero-order valence-electron chi connectivity index (χ0n) is 18.5. The molecule has 3 aromatic rings. The van der Waals surface area contributed by atoms with Crippen LogP contribution in [0.1, 0.15) is 41.5 Å². The van der Waals surface area contributed by atoms with E-state index in [1.165, 1.54) is 16.2 Å². The van der Waals surface area contributed by atoms with Gasteiger partial charge in [0.1, 0.15) is 17.6 Å². The molecule has 1 fully saturated rings. The predicted octanol–water partition coefficient (Wildman–Crippen LogP) is 5.78. The van der Waals surface area contributed by atoms with Crippen molar-refractivity contribution < 1.29 is 19.4 Å². The normalized spacial score (nSPS) is 17.9. The van der Waals surface area contributed by atoms with Gasteiger partial charge in [-0.2, -0.15) is 0 Å². The highest BCUT2D eigenvalue weighted by Gasteiger charge is 2.47. The van der Waals surface area contributed by atoms with E-state index >= 15 is 0 Å². The summed E-state index contributed by atoms with van der Waals surface area (Å²) in [6.45, 7) is 7.73. The Morgan fingerprint density at radius 1 is 1.03 bits per heavy atom. The third-order valence-corrected chi connectivity index (χ3v) is 6.15. The SMILES string of the molecule is Cc1cc(C)cc(N2C(=O)C(=O)/C(=C(\O)c3cccc(OC(C)C)c3)C2c2cccs2)c1. The highest BCUT2D eigenvalue weighted by molar-refractivity contribution is 7.10. The quantitative estimate of drug-likeness (QED) is 0.306. The topological polar surface area (TPSA) is 66.8 Å². The maximum Gasteiger partial charge on any atom is 0.300 e. The number of anilines is 1. The van der Waals surface area contributed by atoms with Gasteiger partial charge in [-0.1, -0.05) is 24.3 Å². The Hall–Kier alpha value is -3.38. The second-order valence-electron chi connectivity index (χ2n) is 8.22. The summed E-state index contributed by atoms with van der Waals surface area (Å²) in [4.78, 5) is 28.7. The standard InChI is InChI=1S/C26H25NO4S/c1-15(2)31-20-8-5-7-18(14-20)24(28)22-23(21-9-6-10-32-21)27(26(30)25(22)29)19-12-16(3)11-17(4)13-19/h5-15,23,28H,1-4H3/b24-22-. The van der Waals surface area contributed by atoms with E-state index in [2.05, 4.69) is 0 Å². The van der Waals surface area contributed by atoms with Crippen molar-refractivity contribution in [3.05, 3.63) is 87.1 Å². The van der Waals surface area contributed by atoms with Gasteiger partial charge in [-0.15, -0.1) is 11.3 Å². The molecule has 164 valence electrons. The lowest BCUT2D eigenvalue weighted by molar-refractivity contribution is -0.132. The maximum atomic E-state index is 13.2. The maximum absolute atomic E-state index is 13.2. The number of Topliss-reactive ketones (excluding diaryl/α,β-unsaturated/α-hetero) is 1. The van der Waals surface area contributed by atoms with Crippen LogP contribution in [0.2, 0.25) is 0 Å². The molecule has 2 heterocycles. The summed E-state index contributed by atoms with van der Waals surface area (Å²) in [5.74, 6) is -0.970. The second kappa shape index (κ2) is 8.63. The van der Waals surface area contributed by atoms with Crippen LogP contribution < -0.4 is 9.64 Å². The number of benzene rings is 2. The van der Waals surface area contributed by atoms with E-state index in [1.54, 1.807) is 24.3 Å². The molecule has 32 heavy (non-hydrogen) atoms. The van der Waals surface area contributed by atoms with E-state index in [0.717, 1.165) is 16.0 Å². The highest BCUT2D eigenvalue weighted by atomic mass is 32.1. The second-order valence-corrected chi connectivity index (χ2v) is 9.20. The van der Waals surface area contributed by atoms with Gasteiger partial charge in [0.25, 0.3) is 11.7 Å². The predicted molar refractivity (Wildman–Crippen MR) is 127 cm³/mol. The van der Waals surface area contributed by atoms with Crippen LogP contribution in [0.3, 0.4) is 0 Å². The summed E-state index contributed by atoms with van der Waals surface area (Å²) in [6, 6.07) is 15.8. The van der Waals surface area contributed by atoms with E-state index < -0.39 is 17.7 Å². The number of amides is 1. The molecule has 2 aromatic carbocycles. The summed E-state index contributed by atoms with van der Waals surface area (Å²) in [6.07, 6.45) is -0.0337. The van der Waals surface area contributed by atoms with Gasteiger partial charge in [-0.05, 0) is 74.5 Å². The van der Waals surface area contributed by atoms with Crippen molar-refractivity contribution in [3.63, 3.8) is 0 Å². The Labute approximate surface area is 191 Å². The van der Waals surface area contributed by atoms with Gasteiger partial charge >= 0.3 is 0 Å². The first-order valence-electron chi connectivity index (χ1n) is 10.5. The Bertz CT molecular complexity index is 1190. The molecule has 0 saturated carbocycles. The summed E-state index contributed by atoms with van der Waals surface area (Å²) in [5.41, 5.74) is 3.14. The molecule has 0 radical (unpaired) electrons. The van der Waals surface area contributed by atoms with Crippen molar-refractivity contribution >= 4 is 34.5 Å². The molecular formula is C26H25NO4S. The fraction of sp³-hybridized carbons (Fsp3) is 0.231. The molecule has 1 N–H and O–H groups in total. The molecule has 0 aliphatic carbocycles. The summed E-state index contributed by atoms with van der Waals surface area (Å²) >= 11 is 1.44. The molecule has 1 saturated heterocycles. The molecular weight excluding hydrogens is 422 g/mol. The number of rotatable bonds is 5. The minimum Gasteiger partial charge on any atom is -0.507 e. The van der Waals surface area contributed by atoms with Crippen molar-refractivity contribution in [1.82, 2.24) is 0 Å². The smallest absolute Gasteiger partial charge is 0.300 e. The molecule has 0 spiro atoms. The molecule has 0 bridgehead atoms.